The molecule has 0 aliphatic carbocycles. The van der Waals surface area contributed by atoms with Crippen molar-refractivity contribution in [3.63, 3.8) is 0 Å². The quantitative estimate of drug-likeness (QED) is 0.662. The summed E-state index contributed by atoms with van der Waals surface area (Å²) in [5.41, 5.74) is 3.70. The van der Waals surface area contributed by atoms with Crippen LogP contribution in [0.25, 0.3) is 5.69 Å². The predicted octanol–water partition coefficient (Wildman–Crippen LogP) is 4.22. The van der Waals surface area contributed by atoms with Crippen LogP contribution in [0, 0.1) is 0 Å². The van der Waals surface area contributed by atoms with E-state index >= 15 is 0 Å². The molecule has 5 heteroatoms. The van der Waals surface area contributed by atoms with Crippen molar-refractivity contribution in [2.75, 3.05) is 0 Å². The van der Waals surface area contributed by atoms with Gasteiger partial charge in [0.15, 0.2) is 5.16 Å². The molecule has 0 fully saturated rings. The monoisotopic (exact) mass is 343 g/mol. The Morgan fingerprint density at radius 1 is 1.05 bits per heavy atom. The molecule has 1 aliphatic rings. The van der Waals surface area contributed by atoms with Crippen LogP contribution in [0.4, 0.5) is 0 Å². The van der Waals surface area contributed by atoms with Crippen molar-refractivity contribution in [3.05, 3.63) is 70.5 Å². The third-order valence-electron chi connectivity index (χ3n) is 3.38. The first-order chi connectivity index (χ1) is 9.84. The summed E-state index contributed by atoms with van der Waals surface area (Å²) in [6.45, 7) is 0. The van der Waals surface area contributed by atoms with Crippen LogP contribution in [0.5, 0.6) is 0 Å². The van der Waals surface area contributed by atoms with Gasteiger partial charge >= 0.3 is 0 Å². The number of thioether (sulfide) groups is 1. The second-order valence-electron chi connectivity index (χ2n) is 4.57. The van der Waals surface area contributed by atoms with Crippen LogP contribution >= 0.6 is 27.7 Å². The van der Waals surface area contributed by atoms with E-state index in [-0.39, 0.29) is 5.25 Å². The number of hydrogen-bond acceptors (Lipinski definition) is 3. The number of para-hydroxylation sites is 1. The van der Waals surface area contributed by atoms with Gasteiger partial charge in [0.25, 0.3) is 0 Å². The van der Waals surface area contributed by atoms with E-state index in [1.54, 1.807) is 18.1 Å². The SMILES string of the molecule is Brc1cccc2c1-n1cnnc1SC2c1ccccc1. The standard InChI is InChI=1S/C15H10BrN3S/c16-12-8-4-7-11-13(12)19-9-17-18-15(19)20-14(11)10-5-2-1-3-6-10/h1-9,14H. The number of benzene rings is 2. The summed E-state index contributed by atoms with van der Waals surface area (Å²) in [5.74, 6) is 0. The van der Waals surface area contributed by atoms with Crippen molar-refractivity contribution in [1.82, 2.24) is 14.8 Å². The molecule has 0 spiro atoms. The van der Waals surface area contributed by atoms with Gasteiger partial charge in [-0.25, -0.2) is 0 Å². The molecular formula is C15H10BrN3S. The van der Waals surface area contributed by atoms with Crippen LogP contribution in [0.3, 0.4) is 0 Å². The molecule has 3 nitrogen and oxygen atoms in total. The second-order valence-corrected chi connectivity index (χ2v) is 6.50. The Morgan fingerprint density at radius 3 is 2.75 bits per heavy atom. The van der Waals surface area contributed by atoms with Gasteiger partial charge in [-0.15, -0.1) is 10.2 Å². The minimum atomic E-state index is 0.250. The van der Waals surface area contributed by atoms with Gasteiger partial charge in [0.2, 0.25) is 0 Å². The highest BCUT2D eigenvalue weighted by Gasteiger charge is 2.29. The minimum Gasteiger partial charge on any atom is -0.275 e. The van der Waals surface area contributed by atoms with Crippen molar-refractivity contribution < 1.29 is 0 Å². The lowest BCUT2D eigenvalue weighted by Gasteiger charge is -2.26. The number of rotatable bonds is 1. The predicted molar refractivity (Wildman–Crippen MR) is 83.2 cm³/mol. The minimum absolute atomic E-state index is 0.250. The van der Waals surface area contributed by atoms with Crippen molar-refractivity contribution in [2.45, 2.75) is 10.4 Å². The molecule has 0 saturated heterocycles. The number of fused-ring (bicyclic) bond motifs is 3. The first-order valence-corrected chi connectivity index (χ1v) is 7.92. The summed E-state index contributed by atoms with van der Waals surface area (Å²) in [5, 5.41) is 9.45. The van der Waals surface area contributed by atoms with E-state index in [4.69, 9.17) is 0 Å². The Morgan fingerprint density at radius 2 is 1.90 bits per heavy atom. The van der Waals surface area contributed by atoms with Crippen molar-refractivity contribution in [3.8, 4) is 5.69 Å². The molecule has 2 aromatic carbocycles. The summed E-state index contributed by atoms with van der Waals surface area (Å²) in [6.07, 6.45) is 1.77. The van der Waals surface area contributed by atoms with Crippen molar-refractivity contribution >= 4 is 27.7 Å². The van der Waals surface area contributed by atoms with E-state index in [0.717, 1.165) is 15.3 Å². The molecule has 0 N–H and O–H groups in total. The van der Waals surface area contributed by atoms with Gasteiger partial charge in [0.1, 0.15) is 6.33 Å². The zero-order chi connectivity index (χ0) is 13.5. The smallest absolute Gasteiger partial charge is 0.196 e. The molecule has 0 saturated carbocycles. The van der Waals surface area contributed by atoms with Gasteiger partial charge in [-0.2, -0.15) is 0 Å². The topological polar surface area (TPSA) is 30.7 Å². The normalized spacial score (nSPS) is 16.6. The third kappa shape index (κ3) is 1.81. The molecule has 0 amide bonds. The van der Waals surface area contributed by atoms with E-state index in [1.807, 2.05) is 10.6 Å². The van der Waals surface area contributed by atoms with Crippen LogP contribution in [-0.4, -0.2) is 14.8 Å². The molecule has 0 bridgehead atoms. The highest BCUT2D eigenvalue weighted by atomic mass is 79.9. The number of halogens is 1. The van der Waals surface area contributed by atoms with Crippen LogP contribution in [0.2, 0.25) is 0 Å². The van der Waals surface area contributed by atoms with Gasteiger partial charge < -0.3 is 0 Å². The Kier molecular flexibility index (Phi) is 2.89. The number of hydrogen-bond donors (Lipinski definition) is 0. The van der Waals surface area contributed by atoms with Gasteiger partial charge in [-0.05, 0) is 33.1 Å². The summed E-state index contributed by atoms with van der Waals surface area (Å²) in [4.78, 5) is 0. The van der Waals surface area contributed by atoms with Crippen LogP contribution in [0.15, 0.2) is 64.5 Å². The first kappa shape index (κ1) is 12.2. The summed E-state index contributed by atoms with van der Waals surface area (Å²) in [7, 11) is 0. The Balaban J connectivity index is 1.97. The Labute approximate surface area is 129 Å². The molecule has 1 atom stereocenters. The van der Waals surface area contributed by atoms with Gasteiger partial charge in [-0.1, -0.05) is 54.2 Å². The van der Waals surface area contributed by atoms with E-state index in [2.05, 4.69) is 68.6 Å². The van der Waals surface area contributed by atoms with Gasteiger partial charge in [-0.3, -0.25) is 4.57 Å². The maximum atomic E-state index is 4.23. The molecule has 4 rings (SSSR count). The fourth-order valence-electron chi connectivity index (χ4n) is 2.50. The molecule has 3 aromatic rings. The number of nitrogens with zero attached hydrogens (tertiary/aromatic N) is 3. The van der Waals surface area contributed by atoms with Crippen molar-refractivity contribution in [1.29, 1.82) is 0 Å². The fourth-order valence-corrected chi connectivity index (χ4v) is 4.24. The summed E-state index contributed by atoms with van der Waals surface area (Å²) >= 11 is 5.39. The largest absolute Gasteiger partial charge is 0.275 e. The second kappa shape index (κ2) is 4.75. The first-order valence-electron chi connectivity index (χ1n) is 6.25. The zero-order valence-corrected chi connectivity index (χ0v) is 12.8. The lowest BCUT2D eigenvalue weighted by atomic mass is 10.0. The molecule has 1 aromatic heterocycles. The van der Waals surface area contributed by atoms with E-state index in [9.17, 15) is 0 Å². The molecule has 0 radical (unpaired) electrons. The number of aromatic nitrogens is 3. The maximum Gasteiger partial charge on any atom is 0.196 e. The molecule has 98 valence electrons. The Hall–Kier alpha value is -1.59. The van der Waals surface area contributed by atoms with Crippen molar-refractivity contribution in [2.24, 2.45) is 0 Å². The zero-order valence-electron chi connectivity index (χ0n) is 10.4. The highest BCUT2D eigenvalue weighted by Crippen LogP contribution is 2.48. The Bertz CT molecular complexity index is 770. The summed E-state index contributed by atoms with van der Waals surface area (Å²) in [6, 6.07) is 16.8. The van der Waals surface area contributed by atoms with Crippen LogP contribution in [-0.2, 0) is 0 Å². The van der Waals surface area contributed by atoms with Gasteiger partial charge in [0.05, 0.1) is 10.9 Å². The third-order valence-corrected chi connectivity index (χ3v) is 5.27. The average molecular weight is 344 g/mol. The highest BCUT2D eigenvalue weighted by molar-refractivity contribution is 9.10. The lowest BCUT2D eigenvalue weighted by Crippen LogP contribution is -2.11. The average Bonchev–Trinajstić information content (AvgIpc) is 2.95. The van der Waals surface area contributed by atoms with E-state index < -0.39 is 0 Å². The van der Waals surface area contributed by atoms with Crippen LogP contribution in [0.1, 0.15) is 16.4 Å². The van der Waals surface area contributed by atoms with Crippen LogP contribution < -0.4 is 0 Å². The molecule has 1 unspecified atom stereocenters. The molecule has 1 aliphatic heterocycles. The molecular weight excluding hydrogens is 334 g/mol. The van der Waals surface area contributed by atoms with E-state index in [0.29, 0.717) is 0 Å². The lowest BCUT2D eigenvalue weighted by molar-refractivity contribution is 0.843. The fraction of sp³-hybridized carbons (Fsp3) is 0.0667. The maximum absolute atomic E-state index is 4.23. The van der Waals surface area contributed by atoms with Gasteiger partial charge in [0, 0.05) is 4.47 Å². The molecule has 20 heavy (non-hydrogen) atoms. The van der Waals surface area contributed by atoms with E-state index in [1.165, 1.54) is 11.1 Å². The molecule has 2 heterocycles. The summed E-state index contributed by atoms with van der Waals surface area (Å²) < 4.78 is 3.11.